The molecule has 1 amide bonds. The van der Waals surface area contributed by atoms with Gasteiger partial charge in [-0.3, -0.25) is 14.7 Å². The molecule has 4 rings (SSSR count). The molecule has 2 N–H and O–H groups in total. The lowest BCUT2D eigenvalue weighted by Crippen LogP contribution is -2.58. The molecule has 0 atom stereocenters. The SMILES string of the molecule is Cc1ncsc1CN1CCC2(CC1)CN(C(=O)c1n[nH]c(=O)[nH]1)CCO2. The Bertz CT molecular complexity index is 835. The first-order chi connectivity index (χ1) is 12.5. The second-order valence-electron chi connectivity index (χ2n) is 6.92. The predicted octanol–water partition coefficient (Wildman–Crippen LogP) is 0.370. The third-order valence-corrected chi connectivity index (χ3v) is 6.14. The van der Waals surface area contributed by atoms with Gasteiger partial charge in [0.2, 0.25) is 5.82 Å². The molecule has 1 spiro atoms. The Labute approximate surface area is 154 Å². The minimum atomic E-state index is -0.469. The van der Waals surface area contributed by atoms with Crippen LogP contribution in [0.4, 0.5) is 0 Å². The standard InChI is InChI=1S/C16H22N6O3S/c1-11-12(26-10-17-11)8-21-4-2-16(3-5-21)9-22(6-7-25-16)14(23)13-18-15(24)20-19-13/h10H,2-9H2,1H3,(H2,18,19,20,24). The topological polar surface area (TPSA) is 107 Å². The number of aryl methyl sites for hydroxylation is 1. The van der Waals surface area contributed by atoms with Gasteiger partial charge in [-0.2, -0.15) is 0 Å². The van der Waals surface area contributed by atoms with Gasteiger partial charge in [-0.1, -0.05) is 0 Å². The fraction of sp³-hybridized carbons (Fsp3) is 0.625. The number of hydrogen-bond donors (Lipinski definition) is 2. The number of hydrogen-bond acceptors (Lipinski definition) is 7. The molecule has 4 heterocycles. The Morgan fingerprint density at radius 2 is 2.19 bits per heavy atom. The Morgan fingerprint density at radius 3 is 2.85 bits per heavy atom. The van der Waals surface area contributed by atoms with Crippen molar-refractivity contribution in [2.24, 2.45) is 0 Å². The molecule has 2 aliphatic heterocycles. The summed E-state index contributed by atoms with van der Waals surface area (Å²) in [5, 5.41) is 5.99. The van der Waals surface area contributed by atoms with Gasteiger partial charge in [0.15, 0.2) is 0 Å². The van der Waals surface area contributed by atoms with E-state index in [9.17, 15) is 9.59 Å². The lowest BCUT2D eigenvalue weighted by atomic mass is 9.89. The molecule has 140 valence electrons. The highest BCUT2D eigenvalue weighted by Crippen LogP contribution is 2.31. The molecule has 0 radical (unpaired) electrons. The molecule has 26 heavy (non-hydrogen) atoms. The van der Waals surface area contributed by atoms with Gasteiger partial charge in [-0.25, -0.2) is 14.9 Å². The largest absolute Gasteiger partial charge is 0.371 e. The fourth-order valence-corrected chi connectivity index (χ4v) is 4.46. The van der Waals surface area contributed by atoms with Crippen molar-refractivity contribution in [3.8, 4) is 0 Å². The summed E-state index contributed by atoms with van der Waals surface area (Å²) in [5.74, 6) is -0.195. The molecule has 2 fully saturated rings. The number of H-pyrrole nitrogens is 2. The Kier molecular flexibility index (Phi) is 4.63. The molecular formula is C16H22N6O3S. The Balaban J connectivity index is 1.38. The van der Waals surface area contributed by atoms with Crippen LogP contribution in [0.2, 0.25) is 0 Å². The Hall–Kier alpha value is -2.04. The zero-order valence-corrected chi connectivity index (χ0v) is 15.5. The van der Waals surface area contributed by atoms with Crippen LogP contribution in [0.25, 0.3) is 0 Å². The number of carbonyl (C=O) groups excluding carboxylic acids is 1. The average molecular weight is 378 g/mol. The number of piperidine rings is 1. The summed E-state index contributed by atoms with van der Waals surface area (Å²) in [6.07, 6.45) is 1.76. The lowest BCUT2D eigenvalue weighted by molar-refractivity contribution is -0.128. The summed E-state index contributed by atoms with van der Waals surface area (Å²) in [6, 6.07) is 0. The molecule has 9 nitrogen and oxygen atoms in total. The smallest absolute Gasteiger partial charge is 0.341 e. The molecule has 0 aliphatic carbocycles. The fourth-order valence-electron chi connectivity index (χ4n) is 3.64. The maximum Gasteiger partial charge on any atom is 0.341 e. The van der Waals surface area contributed by atoms with Crippen molar-refractivity contribution in [2.45, 2.75) is 31.9 Å². The number of ether oxygens (including phenoxy) is 1. The van der Waals surface area contributed by atoms with Crippen LogP contribution >= 0.6 is 11.3 Å². The van der Waals surface area contributed by atoms with Crippen molar-refractivity contribution in [3.63, 3.8) is 0 Å². The Morgan fingerprint density at radius 1 is 1.38 bits per heavy atom. The van der Waals surface area contributed by atoms with Gasteiger partial charge in [0.1, 0.15) is 0 Å². The monoisotopic (exact) mass is 378 g/mol. The molecule has 10 heteroatoms. The molecule has 0 aromatic carbocycles. The van der Waals surface area contributed by atoms with Crippen molar-refractivity contribution >= 4 is 17.2 Å². The molecular weight excluding hydrogens is 356 g/mol. The van der Waals surface area contributed by atoms with E-state index >= 15 is 0 Å². The van der Waals surface area contributed by atoms with E-state index in [1.165, 1.54) is 4.88 Å². The highest BCUT2D eigenvalue weighted by Gasteiger charge is 2.41. The summed E-state index contributed by atoms with van der Waals surface area (Å²) in [7, 11) is 0. The molecule has 0 bridgehead atoms. The van der Waals surface area contributed by atoms with E-state index in [4.69, 9.17) is 4.74 Å². The van der Waals surface area contributed by atoms with E-state index in [-0.39, 0.29) is 17.3 Å². The van der Waals surface area contributed by atoms with Crippen LogP contribution in [-0.2, 0) is 11.3 Å². The van der Waals surface area contributed by atoms with Crippen LogP contribution in [0, 0.1) is 6.92 Å². The number of likely N-dealkylation sites (tertiary alicyclic amines) is 1. The summed E-state index contributed by atoms with van der Waals surface area (Å²) in [6.45, 7) is 6.38. The zero-order chi connectivity index (χ0) is 18.1. The summed E-state index contributed by atoms with van der Waals surface area (Å²) in [4.78, 5) is 36.0. The quantitative estimate of drug-likeness (QED) is 0.799. The van der Waals surface area contributed by atoms with E-state index in [1.54, 1.807) is 16.2 Å². The van der Waals surface area contributed by atoms with Crippen LogP contribution in [0.5, 0.6) is 0 Å². The molecule has 0 saturated carbocycles. The van der Waals surface area contributed by atoms with E-state index in [0.717, 1.165) is 38.2 Å². The molecule has 2 aromatic rings. The minimum Gasteiger partial charge on any atom is -0.371 e. The average Bonchev–Trinajstić information content (AvgIpc) is 3.25. The van der Waals surface area contributed by atoms with Gasteiger partial charge in [0.25, 0.3) is 5.91 Å². The van der Waals surface area contributed by atoms with Crippen LogP contribution in [0.1, 0.15) is 34.0 Å². The molecule has 2 saturated heterocycles. The van der Waals surface area contributed by atoms with Crippen LogP contribution in [0.3, 0.4) is 0 Å². The molecule has 2 aromatic heterocycles. The van der Waals surface area contributed by atoms with Crippen LogP contribution < -0.4 is 5.69 Å². The maximum absolute atomic E-state index is 12.6. The van der Waals surface area contributed by atoms with Crippen molar-refractivity contribution in [1.82, 2.24) is 30.0 Å². The summed E-state index contributed by atoms with van der Waals surface area (Å²) in [5.41, 5.74) is 2.23. The highest BCUT2D eigenvalue weighted by atomic mass is 32.1. The number of rotatable bonds is 3. The second kappa shape index (κ2) is 6.93. The normalized spacial score (nSPS) is 20.6. The van der Waals surface area contributed by atoms with E-state index in [0.29, 0.717) is 19.7 Å². The van der Waals surface area contributed by atoms with E-state index in [2.05, 4.69) is 25.1 Å². The third kappa shape index (κ3) is 3.44. The van der Waals surface area contributed by atoms with Gasteiger partial charge in [-0.05, 0) is 19.8 Å². The first kappa shape index (κ1) is 17.4. The van der Waals surface area contributed by atoms with Crippen molar-refractivity contribution in [3.05, 3.63) is 32.4 Å². The predicted molar refractivity (Wildman–Crippen MR) is 95.2 cm³/mol. The summed E-state index contributed by atoms with van der Waals surface area (Å²) >= 11 is 1.70. The number of thiazole rings is 1. The van der Waals surface area contributed by atoms with E-state index in [1.807, 2.05) is 12.4 Å². The third-order valence-electron chi connectivity index (χ3n) is 5.22. The molecule has 2 aliphatic rings. The number of amides is 1. The van der Waals surface area contributed by atoms with Gasteiger partial charge in [0.05, 0.1) is 30.0 Å². The number of morpholine rings is 1. The number of carbonyl (C=O) groups is 1. The zero-order valence-electron chi connectivity index (χ0n) is 14.7. The summed E-state index contributed by atoms with van der Waals surface area (Å²) < 4.78 is 6.10. The number of aromatic nitrogens is 4. The van der Waals surface area contributed by atoms with E-state index < -0.39 is 5.69 Å². The van der Waals surface area contributed by atoms with Crippen molar-refractivity contribution < 1.29 is 9.53 Å². The first-order valence-corrected chi connectivity index (χ1v) is 9.62. The number of aromatic amines is 2. The number of nitrogens with one attached hydrogen (secondary N) is 2. The first-order valence-electron chi connectivity index (χ1n) is 8.74. The van der Waals surface area contributed by atoms with Crippen molar-refractivity contribution in [1.29, 1.82) is 0 Å². The lowest BCUT2D eigenvalue weighted by Gasteiger charge is -2.47. The van der Waals surface area contributed by atoms with Gasteiger partial charge in [-0.15, -0.1) is 16.4 Å². The van der Waals surface area contributed by atoms with Gasteiger partial charge in [0, 0.05) is 31.1 Å². The van der Waals surface area contributed by atoms with Crippen LogP contribution in [0.15, 0.2) is 10.3 Å². The number of nitrogens with zero attached hydrogens (tertiary/aromatic N) is 4. The maximum atomic E-state index is 12.6. The van der Waals surface area contributed by atoms with Crippen LogP contribution in [-0.4, -0.2) is 74.3 Å². The second-order valence-corrected chi connectivity index (χ2v) is 7.86. The van der Waals surface area contributed by atoms with Gasteiger partial charge < -0.3 is 9.64 Å². The molecule has 0 unspecified atom stereocenters. The highest BCUT2D eigenvalue weighted by molar-refractivity contribution is 7.09. The van der Waals surface area contributed by atoms with Gasteiger partial charge >= 0.3 is 5.69 Å². The minimum absolute atomic E-state index is 0.0603. The van der Waals surface area contributed by atoms with Crippen molar-refractivity contribution in [2.75, 3.05) is 32.8 Å².